The molecule has 3 aromatic rings. The van der Waals surface area contributed by atoms with Crippen LogP contribution in [0.2, 0.25) is 0 Å². The summed E-state index contributed by atoms with van der Waals surface area (Å²) in [6, 6.07) is 2.10. The zero-order valence-electron chi connectivity index (χ0n) is 14.3. The number of hydrogen-bond acceptors (Lipinski definition) is 8. The van der Waals surface area contributed by atoms with Crippen molar-refractivity contribution in [3.05, 3.63) is 42.9 Å². The minimum absolute atomic E-state index is 0.360. The number of aryl methyl sites for hydroxylation is 1. The Morgan fingerprint density at radius 1 is 1.00 bits per heavy atom. The monoisotopic (exact) mass is 347 g/mol. The summed E-state index contributed by atoms with van der Waals surface area (Å²) in [7, 11) is 1.88. The summed E-state index contributed by atoms with van der Waals surface area (Å²) in [6.07, 6.45) is 10.4. The third-order valence-electron chi connectivity index (χ3n) is 4.31. The Balaban J connectivity index is 1.49. The summed E-state index contributed by atoms with van der Waals surface area (Å²) < 4.78 is 1.75. The van der Waals surface area contributed by atoms with Gasteiger partial charge in [-0.1, -0.05) is 0 Å². The van der Waals surface area contributed by atoms with E-state index < -0.39 is 0 Å². The summed E-state index contributed by atoms with van der Waals surface area (Å²) in [5.41, 5.74) is 2.11. The molecule has 0 aliphatic carbocycles. The van der Waals surface area contributed by atoms with Crippen LogP contribution < -0.4 is 9.80 Å². The quantitative estimate of drug-likeness (QED) is 0.688. The van der Waals surface area contributed by atoms with Gasteiger partial charge in [-0.15, -0.1) is 0 Å². The van der Waals surface area contributed by atoms with Gasteiger partial charge in [0.2, 0.25) is 0 Å². The van der Waals surface area contributed by atoms with E-state index >= 15 is 0 Å². The third-order valence-corrected chi connectivity index (χ3v) is 4.31. The molecule has 1 aliphatic heterocycles. The van der Waals surface area contributed by atoms with Crippen molar-refractivity contribution in [3.8, 4) is 17.3 Å². The van der Waals surface area contributed by atoms with Gasteiger partial charge in [0.25, 0.3) is 0 Å². The van der Waals surface area contributed by atoms with Gasteiger partial charge in [-0.05, 0) is 0 Å². The molecule has 0 bridgehead atoms. The number of hydrogen-bond donors (Lipinski definition) is 0. The minimum Gasteiger partial charge on any atom is -0.352 e. The lowest BCUT2D eigenvalue weighted by Crippen LogP contribution is -2.47. The van der Waals surface area contributed by atoms with Crippen molar-refractivity contribution in [2.45, 2.75) is 0 Å². The molecule has 0 amide bonds. The smallest absolute Gasteiger partial charge is 0.183 e. The van der Waals surface area contributed by atoms with Crippen LogP contribution in [-0.4, -0.2) is 55.9 Å². The zero-order chi connectivity index (χ0) is 17.9. The van der Waals surface area contributed by atoms with E-state index in [4.69, 9.17) is 4.98 Å². The highest BCUT2D eigenvalue weighted by molar-refractivity contribution is 5.58. The van der Waals surface area contributed by atoms with Crippen LogP contribution in [0.25, 0.3) is 11.3 Å². The number of anilines is 2. The second kappa shape index (κ2) is 6.76. The first-order valence-electron chi connectivity index (χ1n) is 8.26. The molecule has 0 saturated carbocycles. The van der Waals surface area contributed by atoms with Crippen molar-refractivity contribution < 1.29 is 0 Å². The molecule has 0 spiro atoms. The molecule has 130 valence electrons. The maximum atomic E-state index is 9.20. The highest BCUT2D eigenvalue weighted by Crippen LogP contribution is 2.21. The summed E-state index contributed by atoms with van der Waals surface area (Å²) >= 11 is 0. The highest BCUT2D eigenvalue weighted by Gasteiger charge is 2.22. The minimum atomic E-state index is 0.360. The molecule has 0 aromatic carbocycles. The molecule has 0 radical (unpaired) electrons. The van der Waals surface area contributed by atoms with E-state index in [0.717, 1.165) is 43.3 Å². The normalized spacial score (nSPS) is 14.3. The molecule has 0 N–H and O–H groups in total. The average molecular weight is 347 g/mol. The molecule has 1 saturated heterocycles. The van der Waals surface area contributed by atoms with Crippen LogP contribution in [0, 0.1) is 11.3 Å². The van der Waals surface area contributed by atoms with E-state index in [1.54, 1.807) is 29.5 Å². The summed E-state index contributed by atoms with van der Waals surface area (Å²) in [6.45, 7) is 3.03. The SMILES string of the molecule is Cn1cc(-c2cncc(N3CCN(c4nccnc4C#N)CC3)n2)cn1. The van der Waals surface area contributed by atoms with Crippen LogP contribution in [0.15, 0.2) is 37.2 Å². The number of aromatic nitrogens is 6. The van der Waals surface area contributed by atoms with Crippen LogP contribution >= 0.6 is 0 Å². The van der Waals surface area contributed by atoms with Gasteiger partial charge in [-0.2, -0.15) is 10.4 Å². The largest absolute Gasteiger partial charge is 0.352 e. The van der Waals surface area contributed by atoms with E-state index in [9.17, 15) is 5.26 Å². The molecule has 1 aliphatic rings. The number of piperazine rings is 1. The topological polar surface area (TPSA) is 99.7 Å². The number of nitrogens with zero attached hydrogens (tertiary/aromatic N) is 9. The first-order valence-corrected chi connectivity index (χ1v) is 8.26. The standard InChI is InChI=1S/C17H17N9/c1-24-12-13(9-22-24)15-10-19-11-16(23-15)25-4-6-26(7-5-25)17-14(8-18)20-2-3-21-17/h2-3,9-12H,4-7H2,1H3. The van der Waals surface area contributed by atoms with Crippen molar-refractivity contribution >= 4 is 11.6 Å². The van der Waals surface area contributed by atoms with Crippen LogP contribution in [0.4, 0.5) is 11.6 Å². The Kier molecular flexibility index (Phi) is 4.15. The second-order valence-electron chi connectivity index (χ2n) is 5.98. The lowest BCUT2D eigenvalue weighted by Gasteiger charge is -2.36. The molecule has 3 aromatic heterocycles. The fraction of sp³-hybridized carbons (Fsp3) is 0.294. The fourth-order valence-electron chi connectivity index (χ4n) is 2.99. The maximum Gasteiger partial charge on any atom is 0.183 e. The van der Waals surface area contributed by atoms with Crippen molar-refractivity contribution in [2.24, 2.45) is 7.05 Å². The van der Waals surface area contributed by atoms with E-state index in [0.29, 0.717) is 11.5 Å². The molecule has 9 heteroatoms. The van der Waals surface area contributed by atoms with E-state index in [1.807, 2.05) is 13.2 Å². The average Bonchev–Trinajstić information content (AvgIpc) is 3.14. The highest BCUT2D eigenvalue weighted by atomic mass is 15.3. The lowest BCUT2D eigenvalue weighted by atomic mass is 10.2. The fourth-order valence-corrected chi connectivity index (χ4v) is 2.99. The van der Waals surface area contributed by atoms with Crippen LogP contribution in [0.5, 0.6) is 0 Å². The molecule has 1 fully saturated rings. The van der Waals surface area contributed by atoms with Crippen molar-refractivity contribution in [3.63, 3.8) is 0 Å². The van der Waals surface area contributed by atoms with Gasteiger partial charge in [0.15, 0.2) is 11.5 Å². The molecule has 4 heterocycles. The zero-order valence-corrected chi connectivity index (χ0v) is 14.3. The Morgan fingerprint density at radius 3 is 2.50 bits per heavy atom. The molecular weight excluding hydrogens is 330 g/mol. The maximum absolute atomic E-state index is 9.20. The predicted octanol–water partition coefficient (Wildman–Crippen LogP) is 0.865. The summed E-state index contributed by atoms with van der Waals surface area (Å²) in [4.78, 5) is 21.7. The van der Waals surface area contributed by atoms with Gasteiger partial charge >= 0.3 is 0 Å². The van der Waals surface area contributed by atoms with Crippen LogP contribution in [0.1, 0.15) is 5.69 Å². The first-order chi connectivity index (χ1) is 12.7. The van der Waals surface area contributed by atoms with Gasteiger partial charge in [0, 0.05) is 57.4 Å². The molecule has 4 rings (SSSR count). The molecule has 9 nitrogen and oxygen atoms in total. The summed E-state index contributed by atoms with van der Waals surface area (Å²) in [5.74, 6) is 1.48. The Labute approximate surface area is 150 Å². The second-order valence-corrected chi connectivity index (χ2v) is 5.98. The molecular formula is C17H17N9. The van der Waals surface area contributed by atoms with Gasteiger partial charge in [-0.25, -0.2) is 15.0 Å². The summed E-state index contributed by atoms with van der Waals surface area (Å²) in [5, 5.41) is 13.4. The van der Waals surface area contributed by atoms with Gasteiger partial charge in [0.05, 0.1) is 24.3 Å². The molecule has 0 unspecified atom stereocenters. The Bertz CT molecular complexity index is 951. The Hall–Kier alpha value is -3.54. The van der Waals surface area contributed by atoms with E-state index in [2.05, 4.69) is 35.9 Å². The lowest BCUT2D eigenvalue weighted by molar-refractivity contribution is 0.639. The van der Waals surface area contributed by atoms with Gasteiger partial charge in [-0.3, -0.25) is 9.67 Å². The van der Waals surface area contributed by atoms with Gasteiger partial charge in [0.1, 0.15) is 11.9 Å². The van der Waals surface area contributed by atoms with Gasteiger partial charge < -0.3 is 9.80 Å². The van der Waals surface area contributed by atoms with Crippen molar-refractivity contribution in [1.82, 2.24) is 29.7 Å². The number of nitriles is 1. The Morgan fingerprint density at radius 2 is 1.77 bits per heavy atom. The van der Waals surface area contributed by atoms with Crippen molar-refractivity contribution in [2.75, 3.05) is 36.0 Å². The van der Waals surface area contributed by atoms with E-state index in [1.165, 1.54) is 6.20 Å². The van der Waals surface area contributed by atoms with Crippen LogP contribution in [-0.2, 0) is 7.05 Å². The van der Waals surface area contributed by atoms with E-state index in [-0.39, 0.29) is 0 Å². The first kappa shape index (κ1) is 16.0. The molecule has 0 atom stereocenters. The number of rotatable bonds is 3. The predicted molar refractivity (Wildman–Crippen MR) is 95.4 cm³/mol. The molecule has 26 heavy (non-hydrogen) atoms. The third kappa shape index (κ3) is 3.04. The van der Waals surface area contributed by atoms with Crippen LogP contribution in [0.3, 0.4) is 0 Å². The van der Waals surface area contributed by atoms with Crippen molar-refractivity contribution in [1.29, 1.82) is 5.26 Å².